The summed E-state index contributed by atoms with van der Waals surface area (Å²) < 4.78 is 0. The van der Waals surface area contributed by atoms with Crippen molar-refractivity contribution in [1.82, 2.24) is 0 Å². The van der Waals surface area contributed by atoms with Crippen LogP contribution in [0.1, 0.15) is 21.5 Å². The fourth-order valence-electron chi connectivity index (χ4n) is 2.36. The molecule has 0 aliphatic heterocycles. The highest BCUT2D eigenvalue weighted by molar-refractivity contribution is 6.16. The molecule has 0 saturated heterocycles. The number of phenolic OH excluding ortho intramolecular Hbond substituents is 3. The highest BCUT2D eigenvalue weighted by Crippen LogP contribution is 2.34. The fourth-order valence-corrected chi connectivity index (χ4v) is 2.36. The first-order valence-electron chi connectivity index (χ1n) is 6.14. The molecular weight excluding hydrogens is 256 g/mol. The normalized spacial score (nSPS) is 15.6. The number of rotatable bonds is 1. The number of Topliss-reactive ketones (excluding diaryl/α,β-unsaturated/α-hetero) is 1. The van der Waals surface area contributed by atoms with Crippen molar-refractivity contribution in [1.29, 1.82) is 0 Å². The van der Waals surface area contributed by atoms with E-state index in [4.69, 9.17) is 0 Å². The van der Waals surface area contributed by atoms with Crippen LogP contribution in [0, 0.1) is 0 Å². The Hall–Kier alpha value is -2.75. The average molecular weight is 268 g/mol. The van der Waals surface area contributed by atoms with Crippen LogP contribution in [0.4, 0.5) is 0 Å². The van der Waals surface area contributed by atoms with Gasteiger partial charge in [0, 0.05) is 23.1 Å². The van der Waals surface area contributed by atoms with Crippen molar-refractivity contribution >= 4 is 11.9 Å². The topological polar surface area (TPSA) is 77.8 Å². The van der Waals surface area contributed by atoms with E-state index in [1.807, 2.05) is 0 Å². The summed E-state index contributed by atoms with van der Waals surface area (Å²) in [6, 6.07) is 9.25. The van der Waals surface area contributed by atoms with Gasteiger partial charge in [0.15, 0.2) is 17.3 Å². The van der Waals surface area contributed by atoms with E-state index in [1.165, 1.54) is 12.1 Å². The standard InChI is InChI=1S/C16H12O4/c17-13-3-1-2-11-12(13)8-10(16(11)20)6-9-4-5-14(18)15(19)7-9/h1-7,17-19H,8H2. The molecule has 4 nitrogen and oxygen atoms in total. The largest absolute Gasteiger partial charge is 0.508 e. The number of benzene rings is 2. The van der Waals surface area contributed by atoms with Crippen LogP contribution in [0.3, 0.4) is 0 Å². The van der Waals surface area contributed by atoms with Gasteiger partial charge in [-0.15, -0.1) is 0 Å². The summed E-state index contributed by atoms with van der Waals surface area (Å²) >= 11 is 0. The highest BCUT2D eigenvalue weighted by atomic mass is 16.3. The van der Waals surface area contributed by atoms with Crippen LogP contribution in [0.15, 0.2) is 42.0 Å². The molecule has 2 aromatic carbocycles. The molecule has 1 aliphatic rings. The lowest BCUT2D eigenvalue weighted by atomic mass is 10.1. The number of hydrogen-bond acceptors (Lipinski definition) is 4. The van der Waals surface area contributed by atoms with E-state index in [2.05, 4.69) is 0 Å². The molecule has 20 heavy (non-hydrogen) atoms. The molecule has 0 radical (unpaired) electrons. The van der Waals surface area contributed by atoms with Gasteiger partial charge in [0.05, 0.1) is 0 Å². The Bertz CT molecular complexity index is 744. The summed E-state index contributed by atoms with van der Waals surface area (Å²) in [5.74, 6) is -0.438. The number of allylic oxidation sites excluding steroid dienone is 1. The molecule has 2 aromatic rings. The van der Waals surface area contributed by atoms with E-state index in [1.54, 1.807) is 30.3 Å². The molecule has 3 rings (SSSR count). The second-order valence-corrected chi connectivity index (χ2v) is 4.73. The van der Waals surface area contributed by atoms with Crippen LogP contribution in [0.5, 0.6) is 17.2 Å². The number of carbonyl (C=O) groups is 1. The lowest BCUT2D eigenvalue weighted by Gasteiger charge is -2.00. The number of aromatic hydroxyl groups is 3. The van der Waals surface area contributed by atoms with Crippen molar-refractivity contribution in [3.8, 4) is 17.2 Å². The Morgan fingerprint density at radius 2 is 1.75 bits per heavy atom. The van der Waals surface area contributed by atoms with Gasteiger partial charge in [0.25, 0.3) is 0 Å². The molecule has 0 unspecified atom stereocenters. The molecular formula is C16H12O4. The Kier molecular flexibility index (Phi) is 2.71. The van der Waals surface area contributed by atoms with Gasteiger partial charge >= 0.3 is 0 Å². The van der Waals surface area contributed by atoms with Crippen molar-refractivity contribution < 1.29 is 20.1 Å². The summed E-state index contributed by atoms with van der Waals surface area (Å²) in [4.78, 5) is 12.2. The molecule has 0 spiro atoms. The van der Waals surface area contributed by atoms with Gasteiger partial charge in [-0.1, -0.05) is 18.2 Å². The maximum Gasteiger partial charge on any atom is 0.189 e. The lowest BCUT2D eigenvalue weighted by molar-refractivity contribution is 0.104. The number of phenols is 3. The van der Waals surface area contributed by atoms with Gasteiger partial charge in [-0.05, 0) is 29.8 Å². The SMILES string of the molecule is O=C1C(=Cc2ccc(O)c(O)c2)Cc2c(O)cccc21. The highest BCUT2D eigenvalue weighted by Gasteiger charge is 2.26. The van der Waals surface area contributed by atoms with Crippen molar-refractivity contribution in [2.45, 2.75) is 6.42 Å². The Morgan fingerprint density at radius 1 is 0.950 bits per heavy atom. The van der Waals surface area contributed by atoms with E-state index in [0.29, 0.717) is 28.7 Å². The van der Waals surface area contributed by atoms with Crippen LogP contribution in [-0.2, 0) is 6.42 Å². The molecule has 3 N–H and O–H groups in total. The molecule has 0 saturated carbocycles. The first-order chi connectivity index (χ1) is 9.56. The third-order valence-electron chi connectivity index (χ3n) is 3.40. The first-order valence-corrected chi connectivity index (χ1v) is 6.14. The zero-order valence-corrected chi connectivity index (χ0v) is 10.5. The summed E-state index contributed by atoms with van der Waals surface area (Å²) in [5, 5.41) is 28.5. The van der Waals surface area contributed by atoms with Crippen molar-refractivity contribution in [2.75, 3.05) is 0 Å². The van der Waals surface area contributed by atoms with E-state index in [0.717, 1.165) is 0 Å². The predicted molar refractivity (Wildman–Crippen MR) is 73.9 cm³/mol. The molecule has 100 valence electrons. The number of carbonyl (C=O) groups excluding carboxylic acids is 1. The minimum atomic E-state index is -0.231. The Balaban J connectivity index is 2.01. The molecule has 4 heteroatoms. The molecule has 0 amide bonds. The summed E-state index contributed by atoms with van der Waals surface area (Å²) in [5.41, 5.74) is 2.31. The van der Waals surface area contributed by atoms with Gasteiger partial charge in [-0.3, -0.25) is 4.79 Å². The monoisotopic (exact) mass is 268 g/mol. The fraction of sp³-hybridized carbons (Fsp3) is 0.0625. The van der Waals surface area contributed by atoms with Crippen molar-refractivity contribution in [3.05, 3.63) is 58.7 Å². The average Bonchev–Trinajstić information content (AvgIpc) is 2.73. The Morgan fingerprint density at radius 3 is 2.45 bits per heavy atom. The third-order valence-corrected chi connectivity index (χ3v) is 3.40. The molecule has 0 atom stereocenters. The summed E-state index contributed by atoms with van der Waals surface area (Å²) in [7, 11) is 0. The van der Waals surface area contributed by atoms with E-state index in [9.17, 15) is 20.1 Å². The zero-order chi connectivity index (χ0) is 14.3. The van der Waals surface area contributed by atoms with Crippen molar-refractivity contribution in [2.24, 2.45) is 0 Å². The van der Waals surface area contributed by atoms with Crippen LogP contribution in [0.2, 0.25) is 0 Å². The maximum absolute atomic E-state index is 12.2. The predicted octanol–water partition coefficient (Wildman–Crippen LogP) is 2.63. The number of fused-ring (bicyclic) bond motifs is 1. The van der Waals surface area contributed by atoms with Gasteiger partial charge in [-0.25, -0.2) is 0 Å². The first kappa shape index (κ1) is 12.3. The smallest absolute Gasteiger partial charge is 0.189 e. The maximum atomic E-state index is 12.2. The van der Waals surface area contributed by atoms with Crippen LogP contribution in [0.25, 0.3) is 6.08 Å². The minimum absolute atomic E-state index is 0.118. The zero-order valence-electron chi connectivity index (χ0n) is 10.5. The lowest BCUT2D eigenvalue weighted by Crippen LogP contribution is -1.94. The quantitative estimate of drug-likeness (QED) is 0.549. The Labute approximate surface area is 115 Å². The second-order valence-electron chi connectivity index (χ2n) is 4.73. The van der Waals surface area contributed by atoms with Crippen LogP contribution in [-0.4, -0.2) is 21.1 Å². The molecule has 0 aromatic heterocycles. The van der Waals surface area contributed by atoms with Crippen LogP contribution < -0.4 is 0 Å². The van der Waals surface area contributed by atoms with E-state index < -0.39 is 0 Å². The number of hydrogen-bond donors (Lipinski definition) is 3. The van der Waals surface area contributed by atoms with Gasteiger partial charge < -0.3 is 15.3 Å². The summed E-state index contributed by atoms with van der Waals surface area (Å²) in [6.07, 6.45) is 2.02. The molecule has 0 bridgehead atoms. The van der Waals surface area contributed by atoms with Crippen LogP contribution >= 0.6 is 0 Å². The van der Waals surface area contributed by atoms with E-state index >= 15 is 0 Å². The summed E-state index contributed by atoms with van der Waals surface area (Å²) in [6.45, 7) is 0. The van der Waals surface area contributed by atoms with Gasteiger partial charge in [0.1, 0.15) is 5.75 Å². The van der Waals surface area contributed by atoms with Gasteiger partial charge in [0.2, 0.25) is 0 Å². The van der Waals surface area contributed by atoms with E-state index in [-0.39, 0.29) is 23.0 Å². The molecule has 1 aliphatic carbocycles. The molecule has 0 fully saturated rings. The van der Waals surface area contributed by atoms with Crippen molar-refractivity contribution in [3.63, 3.8) is 0 Å². The number of ketones is 1. The van der Waals surface area contributed by atoms with Gasteiger partial charge in [-0.2, -0.15) is 0 Å². The third kappa shape index (κ3) is 1.91. The minimum Gasteiger partial charge on any atom is -0.508 e. The molecule has 0 heterocycles. The second kappa shape index (κ2) is 4.42.